The van der Waals surface area contributed by atoms with E-state index in [1.54, 1.807) is 12.4 Å². The molecule has 0 amide bonds. The lowest BCUT2D eigenvalue weighted by Crippen LogP contribution is -2.36. The third-order valence-electron chi connectivity index (χ3n) is 3.77. The van der Waals surface area contributed by atoms with E-state index < -0.39 is 0 Å². The number of nitrogens with two attached hydrogens (primary N) is 1. The van der Waals surface area contributed by atoms with Gasteiger partial charge in [0.05, 0.1) is 23.5 Å². The van der Waals surface area contributed by atoms with Crippen LogP contribution >= 0.6 is 0 Å². The van der Waals surface area contributed by atoms with Crippen molar-refractivity contribution in [3.8, 4) is 0 Å². The predicted molar refractivity (Wildman–Crippen MR) is 73.7 cm³/mol. The molecule has 0 spiro atoms. The van der Waals surface area contributed by atoms with Crippen LogP contribution in [0.4, 0.5) is 5.69 Å². The van der Waals surface area contributed by atoms with Crippen molar-refractivity contribution < 1.29 is 4.74 Å². The number of hydrogen-bond acceptors (Lipinski definition) is 4. The smallest absolute Gasteiger partial charge is 0.139 e. The van der Waals surface area contributed by atoms with Crippen molar-refractivity contribution in [1.82, 2.24) is 9.97 Å². The number of ether oxygens (including phenoxy) is 1. The van der Waals surface area contributed by atoms with Gasteiger partial charge in [-0.2, -0.15) is 0 Å². The van der Waals surface area contributed by atoms with Crippen molar-refractivity contribution in [1.29, 1.82) is 0 Å². The van der Waals surface area contributed by atoms with Gasteiger partial charge >= 0.3 is 0 Å². The average molecular weight is 255 g/mol. The third-order valence-corrected chi connectivity index (χ3v) is 3.77. The molecule has 4 nitrogen and oxygen atoms in total. The predicted octanol–water partition coefficient (Wildman–Crippen LogP) is 2.16. The Hall–Kier alpha value is -1.94. The molecule has 1 aromatic carbocycles. The second-order valence-electron chi connectivity index (χ2n) is 4.90. The molecule has 0 radical (unpaired) electrons. The SMILES string of the molecule is Nc1cnc(C2(c3ccccc3)CCOCC2)nc1. The first-order chi connectivity index (χ1) is 9.31. The Balaban J connectivity index is 2.09. The van der Waals surface area contributed by atoms with Crippen LogP contribution in [-0.2, 0) is 10.2 Å². The molecule has 1 aliphatic heterocycles. The van der Waals surface area contributed by atoms with Crippen molar-refractivity contribution in [2.75, 3.05) is 18.9 Å². The number of aromatic nitrogens is 2. The van der Waals surface area contributed by atoms with Crippen LogP contribution in [0.15, 0.2) is 42.7 Å². The van der Waals surface area contributed by atoms with Gasteiger partial charge in [-0.15, -0.1) is 0 Å². The molecule has 0 saturated carbocycles. The number of nitrogen functional groups attached to an aromatic ring is 1. The Morgan fingerprint density at radius 1 is 1.00 bits per heavy atom. The molecule has 1 saturated heterocycles. The normalized spacial score (nSPS) is 18.1. The van der Waals surface area contributed by atoms with E-state index in [9.17, 15) is 0 Å². The second kappa shape index (κ2) is 4.97. The van der Waals surface area contributed by atoms with Gasteiger partial charge in [0.1, 0.15) is 5.82 Å². The molecule has 19 heavy (non-hydrogen) atoms. The van der Waals surface area contributed by atoms with Gasteiger partial charge in [0.15, 0.2) is 0 Å². The average Bonchev–Trinajstić information content (AvgIpc) is 2.49. The molecule has 1 fully saturated rings. The highest BCUT2D eigenvalue weighted by atomic mass is 16.5. The molecule has 0 atom stereocenters. The molecular weight excluding hydrogens is 238 g/mol. The fourth-order valence-electron chi connectivity index (χ4n) is 2.70. The molecule has 1 aliphatic rings. The summed E-state index contributed by atoms with van der Waals surface area (Å²) in [4.78, 5) is 8.92. The van der Waals surface area contributed by atoms with Crippen LogP contribution < -0.4 is 5.73 Å². The van der Waals surface area contributed by atoms with Crippen molar-refractivity contribution >= 4 is 5.69 Å². The molecule has 0 unspecified atom stereocenters. The first-order valence-corrected chi connectivity index (χ1v) is 6.52. The number of rotatable bonds is 2. The summed E-state index contributed by atoms with van der Waals surface area (Å²) in [6.07, 6.45) is 5.17. The Kier molecular flexibility index (Phi) is 3.17. The van der Waals surface area contributed by atoms with Crippen molar-refractivity contribution in [3.05, 3.63) is 54.1 Å². The Bertz CT molecular complexity index is 533. The van der Waals surface area contributed by atoms with Crippen LogP contribution in [-0.4, -0.2) is 23.2 Å². The van der Waals surface area contributed by atoms with Gasteiger partial charge in [0.2, 0.25) is 0 Å². The highest BCUT2D eigenvalue weighted by Gasteiger charge is 2.38. The van der Waals surface area contributed by atoms with E-state index in [-0.39, 0.29) is 5.41 Å². The number of nitrogens with zero attached hydrogens (tertiary/aromatic N) is 2. The van der Waals surface area contributed by atoms with Gasteiger partial charge in [-0.1, -0.05) is 30.3 Å². The highest BCUT2D eigenvalue weighted by molar-refractivity contribution is 5.36. The fraction of sp³-hybridized carbons (Fsp3) is 0.333. The van der Waals surface area contributed by atoms with Gasteiger partial charge in [-0.3, -0.25) is 0 Å². The molecule has 98 valence electrons. The van der Waals surface area contributed by atoms with Crippen LogP contribution in [0.1, 0.15) is 24.2 Å². The molecule has 1 aromatic heterocycles. The molecule has 2 N–H and O–H groups in total. The summed E-state index contributed by atoms with van der Waals surface area (Å²) < 4.78 is 5.51. The van der Waals surface area contributed by atoms with E-state index in [1.165, 1.54) is 5.56 Å². The largest absolute Gasteiger partial charge is 0.396 e. The van der Waals surface area contributed by atoms with E-state index in [4.69, 9.17) is 10.5 Å². The van der Waals surface area contributed by atoms with Gasteiger partial charge < -0.3 is 10.5 Å². The van der Waals surface area contributed by atoms with Crippen molar-refractivity contribution in [3.63, 3.8) is 0 Å². The van der Waals surface area contributed by atoms with Gasteiger partial charge in [-0.05, 0) is 18.4 Å². The first-order valence-electron chi connectivity index (χ1n) is 6.52. The zero-order valence-corrected chi connectivity index (χ0v) is 10.7. The number of benzene rings is 1. The summed E-state index contributed by atoms with van der Waals surface area (Å²) in [6, 6.07) is 10.4. The van der Waals surface area contributed by atoms with Crippen LogP contribution in [0.3, 0.4) is 0 Å². The van der Waals surface area contributed by atoms with Crippen LogP contribution in [0.2, 0.25) is 0 Å². The zero-order chi connectivity index (χ0) is 13.1. The molecule has 4 heteroatoms. The minimum Gasteiger partial charge on any atom is -0.396 e. The highest BCUT2D eigenvalue weighted by Crippen LogP contribution is 2.39. The third kappa shape index (κ3) is 2.19. The van der Waals surface area contributed by atoms with Gasteiger partial charge in [0.25, 0.3) is 0 Å². The standard InChI is InChI=1S/C15H17N3O/c16-13-10-17-14(18-11-13)15(6-8-19-9-7-15)12-4-2-1-3-5-12/h1-5,10-11H,6-9,16H2. The van der Waals surface area contributed by atoms with E-state index in [2.05, 4.69) is 34.2 Å². The summed E-state index contributed by atoms with van der Waals surface area (Å²) in [6.45, 7) is 1.48. The van der Waals surface area contributed by atoms with Crippen molar-refractivity contribution in [2.45, 2.75) is 18.3 Å². The topological polar surface area (TPSA) is 61.0 Å². The van der Waals surface area contributed by atoms with Gasteiger partial charge in [-0.25, -0.2) is 9.97 Å². The molecular formula is C15H17N3O. The first kappa shape index (κ1) is 12.1. The van der Waals surface area contributed by atoms with E-state index in [0.29, 0.717) is 5.69 Å². The summed E-state index contributed by atoms with van der Waals surface area (Å²) in [5.41, 5.74) is 7.39. The Morgan fingerprint density at radius 2 is 1.63 bits per heavy atom. The maximum Gasteiger partial charge on any atom is 0.139 e. The Morgan fingerprint density at radius 3 is 2.26 bits per heavy atom. The minimum absolute atomic E-state index is 0.146. The summed E-state index contributed by atoms with van der Waals surface area (Å²) >= 11 is 0. The quantitative estimate of drug-likeness (QED) is 0.893. The molecule has 0 bridgehead atoms. The molecule has 2 aromatic rings. The Labute approximate surface area is 112 Å². The lowest BCUT2D eigenvalue weighted by atomic mass is 9.73. The number of anilines is 1. The van der Waals surface area contributed by atoms with Crippen LogP contribution in [0.5, 0.6) is 0 Å². The van der Waals surface area contributed by atoms with Crippen molar-refractivity contribution in [2.24, 2.45) is 0 Å². The number of hydrogen-bond donors (Lipinski definition) is 1. The fourth-order valence-corrected chi connectivity index (χ4v) is 2.70. The minimum atomic E-state index is -0.146. The molecule has 0 aliphatic carbocycles. The van der Waals surface area contributed by atoms with E-state index in [0.717, 1.165) is 31.9 Å². The lowest BCUT2D eigenvalue weighted by molar-refractivity contribution is 0.0604. The maximum absolute atomic E-state index is 5.69. The molecule has 2 heterocycles. The van der Waals surface area contributed by atoms with E-state index in [1.807, 2.05) is 6.07 Å². The summed E-state index contributed by atoms with van der Waals surface area (Å²) in [5, 5.41) is 0. The molecule has 3 rings (SSSR count). The lowest BCUT2D eigenvalue weighted by Gasteiger charge is -2.36. The summed E-state index contributed by atoms with van der Waals surface area (Å²) in [5.74, 6) is 0.844. The second-order valence-corrected chi connectivity index (χ2v) is 4.90. The van der Waals surface area contributed by atoms with E-state index >= 15 is 0 Å². The van der Waals surface area contributed by atoms with Gasteiger partial charge in [0, 0.05) is 13.2 Å². The zero-order valence-electron chi connectivity index (χ0n) is 10.7. The maximum atomic E-state index is 5.69. The monoisotopic (exact) mass is 255 g/mol. The van der Waals surface area contributed by atoms with Crippen LogP contribution in [0.25, 0.3) is 0 Å². The van der Waals surface area contributed by atoms with Crippen LogP contribution in [0, 0.1) is 0 Å². The summed E-state index contributed by atoms with van der Waals surface area (Å²) in [7, 11) is 0.